The third kappa shape index (κ3) is 7.04. The third-order valence-corrected chi connectivity index (χ3v) is 6.45. The molecular weight excluding hydrogens is 364 g/mol. The van der Waals surface area contributed by atoms with Crippen molar-refractivity contribution in [3.63, 3.8) is 0 Å². The second kappa shape index (κ2) is 12.6. The van der Waals surface area contributed by atoms with Gasteiger partial charge in [-0.05, 0) is 66.0 Å². The van der Waals surface area contributed by atoms with Crippen LogP contribution < -0.4 is 4.74 Å². The summed E-state index contributed by atoms with van der Waals surface area (Å²) in [6.07, 6.45) is 16.8. The maximum atomic E-state index is 5.90. The fraction of sp³-hybridized carbons (Fsp3) is 0.517. The molecule has 1 atom stereocenters. The first-order chi connectivity index (χ1) is 14.8. The third-order valence-electron chi connectivity index (χ3n) is 6.45. The van der Waals surface area contributed by atoms with Crippen LogP contribution >= 0.6 is 0 Å². The molecule has 30 heavy (non-hydrogen) atoms. The highest BCUT2D eigenvalue weighted by molar-refractivity contribution is 5.71. The predicted octanol–water partition coefficient (Wildman–Crippen LogP) is 9.08. The first kappa shape index (κ1) is 22.7. The standard InChI is InChI=1S/C29H40O/c1-3-5-7-8-9-23-30-29-21-19-28(20-22-29)27-17-15-26(16-18-27)25-13-11-24(12-14-25)10-6-4-2/h13,15-22,24H,3-12,14,23H2,1-2H3. The lowest BCUT2D eigenvalue weighted by atomic mass is 9.84. The van der Waals surface area contributed by atoms with E-state index in [1.54, 1.807) is 0 Å². The topological polar surface area (TPSA) is 9.23 Å². The van der Waals surface area contributed by atoms with Crippen molar-refractivity contribution < 1.29 is 4.74 Å². The Hall–Kier alpha value is -2.02. The van der Waals surface area contributed by atoms with Crippen LogP contribution in [0.5, 0.6) is 5.75 Å². The molecule has 0 radical (unpaired) electrons. The van der Waals surface area contributed by atoms with E-state index in [4.69, 9.17) is 4.74 Å². The minimum absolute atomic E-state index is 0.826. The van der Waals surface area contributed by atoms with Crippen molar-refractivity contribution in [1.82, 2.24) is 0 Å². The molecule has 1 unspecified atom stereocenters. The van der Waals surface area contributed by atoms with E-state index in [1.807, 2.05) is 0 Å². The molecule has 0 aromatic heterocycles. The van der Waals surface area contributed by atoms with Crippen LogP contribution in [-0.4, -0.2) is 6.61 Å². The molecule has 1 aliphatic rings. The first-order valence-corrected chi connectivity index (χ1v) is 12.3. The Kier molecular flexibility index (Phi) is 9.54. The minimum atomic E-state index is 0.826. The Morgan fingerprint density at radius 3 is 2.00 bits per heavy atom. The molecule has 0 heterocycles. The smallest absolute Gasteiger partial charge is 0.119 e. The summed E-state index contributed by atoms with van der Waals surface area (Å²) in [6, 6.07) is 17.7. The van der Waals surface area contributed by atoms with E-state index >= 15 is 0 Å². The maximum absolute atomic E-state index is 5.90. The molecule has 0 fully saturated rings. The van der Waals surface area contributed by atoms with E-state index in [9.17, 15) is 0 Å². The lowest BCUT2D eigenvalue weighted by Crippen LogP contribution is -2.05. The molecule has 2 aromatic carbocycles. The number of benzene rings is 2. The van der Waals surface area contributed by atoms with Crippen LogP contribution in [0.3, 0.4) is 0 Å². The van der Waals surface area contributed by atoms with Crippen molar-refractivity contribution in [2.24, 2.45) is 5.92 Å². The molecule has 0 aliphatic heterocycles. The molecule has 0 bridgehead atoms. The van der Waals surface area contributed by atoms with E-state index < -0.39 is 0 Å². The van der Waals surface area contributed by atoms with Crippen LogP contribution in [0.1, 0.15) is 90.0 Å². The minimum Gasteiger partial charge on any atom is -0.494 e. The van der Waals surface area contributed by atoms with Crippen LogP contribution in [0.25, 0.3) is 16.7 Å². The number of ether oxygens (including phenoxy) is 1. The van der Waals surface area contributed by atoms with Gasteiger partial charge in [-0.1, -0.05) is 101 Å². The van der Waals surface area contributed by atoms with Gasteiger partial charge in [0.1, 0.15) is 5.75 Å². The molecule has 1 aliphatic carbocycles. The molecule has 1 heteroatoms. The van der Waals surface area contributed by atoms with Crippen molar-refractivity contribution >= 4 is 5.57 Å². The normalized spacial score (nSPS) is 16.3. The Labute approximate surface area is 184 Å². The summed E-state index contributed by atoms with van der Waals surface area (Å²) < 4.78 is 5.90. The summed E-state index contributed by atoms with van der Waals surface area (Å²) >= 11 is 0. The summed E-state index contributed by atoms with van der Waals surface area (Å²) in [7, 11) is 0. The van der Waals surface area contributed by atoms with E-state index in [0.29, 0.717) is 0 Å². The maximum Gasteiger partial charge on any atom is 0.119 e. The van der Waals surface area contributed by atoms with E-state index in [-0.39, 0.29) is 0 Å². The molecule has 162 valence electrons. The quantitative estimate of drug-likeness (QED) is 0.320. The summed E-state index contributed by atoms with van der Waals surface area (Å²) in [5, 5.41) is 0. The highest BCUT2D eigenvalue weighted by atomic mass is 16.5. The Morgan fingerprint density at radius 2 is 1.37 bits per heavy atom. The van der Waals surface area contributed by atoms with Crippen LogP contribution in [0.15, 0.2) is 54.6 Å². The zero-order valence-electron chi connectivity index (χ0n) is 19.2. The van der Waals surface area contributed by atoms with Gasteiger partial charge >= 0.3 is 0 Å². The van der Waals surface area contributed by atoms with Gasteiger partial charge in [0, 0.05) is 0 Å². The number of hydrogen-bond donors (Lipinski definition) is 0. The van der Waals surface area contributed by atoms with Crippen LogP contribution in [0.4, 0.5) is 0 Å². The second-order valence-electron chi connectivity index (χ2n) is 8.88. The van der Waals surface area contributed by atoms with Gasteiger partial charge in [-0.15, -0.1) is 0 Å². The van der Waals surface area contributed by atoms with Crippen molar-refractivity contribution in [2.75, 3.05) is 6.61 Å². The number of rotatable bonds is 12. The van der Waals surface area contributed by atoms with E-state index in [1.165, 1.54) is 86.5 Å². The van der Waals surface area contributed by atoms with Gasteiger partial charge in [0.15, 0.2) is 0 Å². The highest BCUT2D eigenvalue weighted by Gasteiger charge is 2.15. The molecule has 2 aromatic rings. The zero-order chi connectivity index (χ0) is 21.0. The highest BCUT2D eigenvalue weighted by Crippen LogP contribution is 2.33. The fourth-order valence-corrected chi connectivity index (χ4v) is 4.42. The first-order valence-electron chi connectivity index (χ1n) is 12.3. The molecule has 0 N–H and O–H groups in total. The van der Waals surface area contributed by atoms with Gasteiger partial charge in [0.2, 0.25) is 0 Å². The van der Waals surface area contributed by atoms with Gasteiger partial charge in [-0.3, -0.25) is 0 Å². The van der Waals surface area contributed by atoms with Crippen LogP contribution in [0.2, 0.25) is 0 Å². The lowest BCUT2D eigenvalue weighted by molar-refractivity contribution is 0.304. The molecular formula is C29H40O. The molecule has 3 rings (SSSR count). The predicted molar refractivity (Wildman–Crippen MR) is 131 cm³/mol. The van der Waals surface area contributed by atoms with Gasteiger partial charge in [0.25, 0.3) is 0 Å². The monoisotopic (exact) mass is 404 g/mol. The zero-order valence-corrected chi connectivity index (χ0v) is 19.2. The van der Waals surface area contributed by atoms with Crippen molar-refractivity contribution in [3.05, 3.63) is 60.2 Å². The van der Waals surface area contributed by atoms with Crippen molar-refractivity contribution in [1.29, 1.82) is 0 Å². The van der Waals surface area contributed by atoms with Gasteiger partial charge in [-0.2, -0.15) is 0 Å². The summed E-state index contributed by atoms with van der Waals surface area (Å²) in [5.74, 6) is 1.89. The number of allylic oxidation sites excluding steroid dienone is 2. The SMILES string of the molecule is CCCCCCCOc1ccc(-c2ccc(C3=CCC(CCCC)CC3)cc2)cc1. The van der Waals surface area contributed by atoms with Gasteiger partial charge in [0.05, 0.1) is 6.61 Å². The summed E-state index contributed by atoms with van der Waals surface area (Å²) in [6.45, 7) is 5.37. The second-order valence-corrected chi connectivity index (χ2v) is 8.88. The molecule has 1 nitrogen and oxygen atoms in total. The lowest BCUT2D eigenvalue weighted by Gasteiger charge is -2.22. The van der Waals surface area contributed by atoms with Gasteiger partial charge in [-0.25, -0.2) is 0 Å². The number of unbranched alkanes of at least 4 members (excludes halogenated alkanes) is 5. The average molecular weight is 405 g/mol. The Balaban J connectivity index is 1.49. The molecule has 0 saturated heterocycles. The number of hydrogen-bond acceptors (Lipinski definition) is 1. The van der Waals surface area contributed by atoms with E-state index in [0.717, 1.165) is 24.7 Å². The fourth-order valence-electron chi connectivity index (χ4n) is 4.42. The summed E-state index contributed by atoms with van der Waals surface area (Å²) in [4.78, 5) is 0. The molecule has 0 saturated carbocycles. The van der Waals surface area contributed by atoms with Crippen LogP contribution in [-0.2, 0) is 0 Å². The largest absolute Gasteiger partial charge is 0.494 e. The molecule has 0 spiro atoms. The van der Waals surface area contributed by atoms with Crippen molar-refractivity contribution in [2.45, 2.75) is 84.5 Å². The van der Waals surface area contributed by atoms with Crippen LogP contribution in [0, 0.1) is 5.92 Å². The average Bonchev–Trinajstić information content (AvgIpc) is 2.81. The van der Waals surface area contributed by atoms with E-state index in [2.05, 4.69) is 68.5 Å². The Bertz CT molecular complexity index is 754. The van der Waals surface area contributed by atoms with Crippen molar-refractivity contribution in [3.8, 4) is 16.9 Å². The van der Waals surface area contributed by atoms with Gasteiger partial charge < -0.3 is 4.74 Å². The molecule has 0 amide bonds. The summed E-state index contributed by atoms with van der Waals surface area (Å²) in [5.41, 5.74) is 5.48. The Morgan fingerprint density at radius 1 is 0.733 bits per heavy atom.